The van der Waals surface area contributed by atoms with Crippen LogP contribution in [-0.2, 0) is 9.53 Å². The predicted octanol–water partition coefficient (Wildman–Crippen LogP) is 3.78. The van der Waals surface area contributed by atoms with Crippen LogP contribution in [0.2, 0.25) is 0 Å². The number of fused-ring (bicyclic) bond motifs is 5. The molecule has 0 saturated heterocycles. The van der Waals surface area contributed by atoms with E-state index in [4.69, 9.17) is 4.74 Å². The molecule has 31 heavy (non-hydrogen) atoms. The molecule has 4 aliphatic rings. The van der Waals surface area contributed by atoms with Gasteiger partial charge in [0, 0.05) is 18.0 Å². The van der Waals surface area contributed by atoms with E-state index >= 15 is 0 Å². The van der Waals surface area contributed by atoms with Gasteiger partial charge in [-0.3, -0.25) is 0 Å². The summed E-state index contributed by atoms with van der Waals surface area (Å²) in [6, 6.07) is 0. The molecule has 4 saturated carbocycles. The Kier molecular flexibility index (Phi) is 6.35. The summed E-state index contributed by atoms with van der Waals surface area (Å²) in [7, 11) is 3.92. The second-order valence-electron chi connectivity index (χ2n) is 11.8. The average molecular weight is 434 g/mol. The summed E-state index contributed by atoms with van der Waals surface area (Å²) in [6.45, 7) is 5.84. The second kappa shape index (κ2) is 8.46. The first-order valence-corrected chi connectivity index (χ1v) is 12.5. The van der Waals surface area contributed by atoms with Gasteiger partial charge < -0.3 is 19.8 Å². The van der Waals surface area contributed by atoms with E-state index in [1.165, 1.54) is 0 Å². The third-order valence-corrected chi connectivity index (χ3v) is 10.1. The number of carbonyl (C=O) groups is 1. The van der Waals surface area contributed by atoms with Crippen molar-refractivity contribution in [2.24, 2.45) is 34.5 Å². The number of hydrogen-bond donors (Lipinski definition) is 2. The van der Waals surface area contributed by atoms with Crippen LogP contribution in [-0.4, -0.2) is 60.0 Å². The molecule has 0 aliphatic heterocycles. The van der Waals surface area contributed by atoms with Crippen LogP contribution in [0.3, 0.4) is 0 Å². The molecule has 4 aliphatic carbocycles. The molecule has 5 nitrogen and oxygen atoms in total. The van der Waals surface area contributed by atoms with Gasteiger partial charge in [0.1, 0.15) is 6.61 Å². The molecule has 8 atom stereocenters. The first-order chi connectivity index (χ1) is 14.6. The zero-order valence-corrected chi connectivity index (χ0v) is 20.0. The van der Waals surface area contributed by atoms with Crippen LogP contribution in [0.4, 0.5) is 0 Å². The quantitative estimate of drug-likeness (QED) is 0.510. The molecule has 0 heterocycles. The van der Waals surface area contributed by atoms with Crippen molar-refractivity contribution in [3.8, 4) is 0 Å². The van der Waals surface area contributed by atoms with Gasteiger partial charge in [-0.15, -0.1) is 0 Å². The summed E-state index contributed by atoms with van der Waals surface area (Å²) in [4.78, 5) is 14.2. The van der Waals surface area contributed by atoms with Gasteiger partial charge in [0.05, 0.1) is 11.7 Å². The lowest BCUT2D eigenvalue weighted by atomic mass is 9.43. The molecule has 0 bridgehead atoms. The molecule has 0 aromatic carbocycles. The molecule has 4 fully saturated rings. The Morgan fingerprint density at radius 1 is 1.06 bits per heavy atom. The SMILES string of the molecule is CN(C)CCOC(=O)/C=C/[C@H]1CC[C@]2(O)[C@@H]3CC[C@@H]4C[C@@H](O)CC[C@]4(C)[C@H]3CC[C@]12C. The minimum absolute atomic E-state index is 0.134. The van der Waals surface area contributed by atoms with E-state index in [1.807, 2.05) is 25.1 Å². The van der Waals surface area contributed by atoms with Gasteiger partial charge in [0.15, 0.2) is 0 Å². The number of allylic oxidation sites excluding steroid dienone is 1. The predicted molar refractivity (Wildman–Crippen MR) is 121 cm³/mol. The normalized spacial score (nSPS) is 47.1. The van der Waals surface area contributed by atoms with E-state index in [1.54, 1.807) is 6.08 Å². The molecule has 0 radical (unpaired) electrons. The van der Waals surface area contributed by atoms with Gasteiger partial charge in [-0.1, -0.05) is 19.9 Å². The Balaban J connectivity index is 1.47. The number of ether oxygens (including phenoxy) is 1. The molecule has 2 N–H and O–H groups in total. The highest BCUT2D eigenvalue weighted by Gasteiger charge is 2.66. The standard InChI is InChI=1S/C26H43NO4/c1-24-12-10-20(28)17-19(24)5-7-22-21(24)11-13-25(2)18(9-14-26(22,25)30)6-8-23(29)31-16-15-27(3)4/h6,8,18-22,28,30H,5,7,9-17H2,1-4H3/b8-6+/t18-,19+,20-,21-,22+,24-,25+,26-/m0/s1. The molecule has 4 rings (SSSR count). The second-order valence-corrected chi connectivity index (χ2v) is 11.8. The van der Waals surface area contributed by atoms with E-state index in [2.05, 4.69) is 13.8 Å². The zero-order chi connectivity index (χ0) is 22.4. The smallest absolute Gasteiger partial charge is 0.330 e. The van der Waals surface area contributed by atoms with E-state index in [9.17, 15) is 15.0 Å². The highest BCUT2D eigenvalue weighted by molar-refractivity contribution is 5.81. The van der Waals surface area contributed by atoms with E-state index in [0.717, 1.165) is 64.3 Å². The Morgan fingerprint density at radius 3 is 2.58 bits per heavy atom. The fourth-order valence-corrected chi connectivity index (χ4v) is 8.12. The van der Waals surface area contributed by atoms with Gasteiger partial charge in [-0.05, 0) is 101 Å². The van der Waals surface area contributed by atoms with Crippen molar-refractivity contribution in [2.75, 3.05) is 27.2 Å². The first-order valence-electron chi connectivity index (χ1n) is 12.5. The molecule has 0 unspecified atom stereocenters. The Hall–Kier alpha value is -0.910. The van der Waals surface area contributed by atoms with Gasteiger partial charge in [-0.25, -0.2) is 4.79 Å². The number of esters is 1. The van der Waals surface area contributed by atoms with Crippen molar-refractivity contribution >= 4 is 5.97 Å². The fraction of sp³-hybridized carbons (Fsp3) is 0.885. The van der Waals surface area contributed by atoms with Crippen molar-refractivity contribution in [1.29, 1.82) is 0 Å². The summed E-state index contributed by atoms with van der Waals surface area (Å²) in [5.74, 6) is 1.44. The van der Waals surface area contributed by atoms with E-state index in [-0.39, 0.29) is 28.8 Å². The zero-order valence-electron chi connectivity index (χ0n) is 20.0. The number of aliphatic hydroxyl groups excluding tert-OH is 1. The Bertz CT molecular complexity index is 708. The number of carbonyl (C=O) groups excluding carboxylic acids is 1. The maximum atomic E-state index is 12.2. The van der Waals surface area contributed by atoms with Crippen LogP contribution in [0.5, 0.6) is 0 Å². The molecular weight excluding hydrogens is 390 g/mol. The number of hydrogen-bond acceptors (Lipinski definition) is 5. The lowest BCUT2D eigenvalue weighted by molar-refractivity contribution is -0.207. The van der Waals surface area contributed by atoms with Crippen molar-refractivity contribution in [2.45, 2.75) is 83.3 Å². The van der Waals surface area contributed by atoms with Crippen LogP contribution < -0.4 is 0 Å². The third-order valence-electron chi connectivity index (χ3n) is 10.1. The third kappa shape index (κ3) is 3.89. The largest absolute Gasteiger partial charge is 0.461 e. The monoisotopic (exact) mass is 433 g/mol. The number of rotatable bonds is 5. The molecular formula is C26H43NO4. The number of aliphatic hydroxyl groups is 2. The van der Waals surface area contributed by atoms with Gasteiger partial charge in [-0.2, -0.15) is 0 Å². The van der Waals surface area contributed by atoms with Gasteiger partial charge in [0.2, 0.25) is 0 Å². The Morgan fingerprint density at radius 2 is 1.84 bits per heavy atom. The van der Waals surface area contributed by atoms with Crippen molar-refractivity contribution in [3.05, 3.63) is 12.2 Å². The fourth-order valence-electron chi connectivity index (χ4n) is 8.12. The van der Waals surface area contributed by atoms with E-state index in [0.29, 0.717) is 24.4 Å². The summed E-state index contributed by atoms with van der Waals surface area (Å²) >= 11 is 0. The molecule has 176 valence electrons. The molecule has 0 aromatic rings. The minimum atomic E-state index is -0.649. The molecule has 0 amide bonds. The molecule has 0 aromatic heterocycles. The van der Waals surface area contributed by atoms with Crippen LogP contribution in [0.25, 0.3) is 0 Å². The van der Waals surface area contributed by atoms with Crippen LogP contribution in [0.1, 0.15) is 71.6 Å². The summed E-state index contributed by atoms with van der Waals surface area (Å²) < 4.78 is 5.32. The van der Waals surface area contributed by atoms with Gasteiger partial charge in [0.25, 0.3) is 0 Å². The highest BCUT2D eigenvalue weighted by Crippen LogP contribution is 2.69. The summed E-state index contributed by atoms with van der Waals surface area (Å²) in [5.41, 5.74) is -0.570. The topological polar surface area (TPSA) is 70.0 Å². The first kappa shape index (κ1) is 23.3. The maximum Gasteiger partial charge on any atom is 0.330 e. The maximum absolute atomic E-state index is 12.2. The van der Waals surface area contributed by atoms with E-state index < -0.39 is 5.60 Å². The minimum Gasteiger partial charge on any atom is -0.461 e. The molecule has 5 heteroatoms. The van der Waals surface area contributed by atoms with Crippen molar-refractivity contribution in [1.82, 2.24) is 4.90 Å². The molecule has 0 spiro atoms. The van der Waals surface area contributed by atoms with Gasteiger partial charge >= 0.3 is 5.97 Å². The highest BCUT2D eigenvalue weighted by atomic mass is 16.5. The summed E-state index contributed by atoms with van der Waals surface area (Å²) in [6.07, 6.45) is 12.6. The van der Waals surface area contributed by atoms with Crippen LogP contribution >= 0.6 is 0 Å². The lowest BCUT2D eigenvalue weighted by Gasteiger charge is -2.63. The number of nitrogens with zero attached hydrogens (tertiary/aromatic N) is 1. The summed E-state index contributed by atoms with van der Waals surface area (Å²) in [5, 5.41) is 22.4. The average Bonchev–Trinajstić information content (AvgIpc) is 2.97. The van der Waals surface area contributed by atoms with Crippen LogP contribution in [0.15, 0.2) is 12.2 Å². The van der Waals surface area contributed by atoms with Crippen molar-refractivity contribution < 1.29 is 19.7 Å². The number of likely N-dealkylation sites (N-methyl/N-ethyl adjacent to an activating group) is 1. The van der Waals surface area contributed by atoms with Crippen molar-refractivity contribution in [3.63, 3.8) is 0 Å². The lowest BCUT2D eigenvalue weighted by Crippen LogP contribution is -2.62. The van der Waals surface area contributed by atoms with Crippen LogP contribution in [0, 0.1) is 34.5 Å². The Labute approximate surface area is 188 Å².